The molecule has 2 heterocycles. The molecule has 2 rings (SSSR count). The Hall–Kier alpha value is -1.76. The highest BCUT2D eigenvalue weighted by Gasteiger charge is 2.11. The summed E-state index contributed by atoms with van der Waals surface area (Å²) in [6.07, 6.45) is 1.66. The maximum absolute atomic E-state index is 5.51. The van der Waals surface area contributed by atoms with E-state index in [0.717, 1.165) is 10.7 Å². The molecule has 0 amide bonds. The molecule has 0 bridgehead atoms. The molecule has 1 N–H and O–H groups in total. The third-order valence-electron chi connectivity index (χ3n) is 2.17. The van der Waals surface area contributed by atoms with Crippen LogP contribution >= 0.6 is 11.8 Å². The van der Waals surface area contributed by atoms with Gasteiger partial charge in [0.05, 0.1) is 17.3 Å². The van der Waals surface area contributed by atoms with Gasteiger partial charge in [0, 0.05) is 7.05 Å². The van der Waals surface area contributed by atoms with Gasteiger partial charge in [0.2, 0.25) is 11.1 Å². The van der Waals surface area contributed by atoms with E-state index in [1.807, 2.05) is 26.8 Å². The normalized spacial score (nSPS) is 10.8. The summed E-state index contributed by atoms with van der Waals surface area (Å²) >= 11 is 1.42. The number of rotatable bonds is 5. The Morgan fingerprint density at radius 3 is 2.68 bits per heavy atom. The topological polar surface area (TPSA) is 73.1 Å². The summed E-state index contributed by atoms with van der Waals surface area (Å²) in [5.74, 6) is 1.32. The van der Waals surface area contributed by atoms with Gasteiger partial charge in [-0.2, -0.15) is 15.0 Å². The summed E-state index contributed by atoms with van der Waals surface area (Å²) in [5.41, 5.74) is 0. The number of furan rings is 1. The summed E-state index contributed by atoms with van der Waals surface area (Å²) < 4.78 is 10.8. The van der Waals surface area contributed by atoms with Gasteiger partial charge in [-0.3, -0.25) is 0 Å². The van der Waals surface area contributed by atoms with Gasteiger partial charge < -0.3 is 14.5 Å². The molecule has 102 valence electrons. The van der Waals surface area contributed by atoms with Gasteiger partial charge in [-0.25, -0.2) is 0 Å². The molecule has 0 radical (unpaired) electrons. The molecule has 0 aliphatic heterocycles. The predicted octanol–water partition coefficient (Wildman–Crippen LogP) is 2.75. The number of anilines is 1. The zero-order valence-corrected chi connectivity index (χ0v) is 12.1. The number of nitrogens with zero attached hydrogens (tertiary/aromatic N) is 3. The van der Waals surface area contributed by atoms with Crippen LogP contribution in [0.5, 0.6) is 6.01 Å². The molecule has 0 aromatic carbocycles. The lowest BCUT2D eigenvalue weighted by Gasteiger charge is -2.09. The molecule has 0 saturated heterocycles. The van der Waals surface area contributed by atoms with Crippen molar-refractivity contribution in [2.75, 3.05) is 12.4 Å². The lowest BCUT2D eigenvalue weighted by molar-refractivity contribution is 0.219. The molecule has 2 aromatic rings. The molecule has 6 nitrogen and oxygen atoms in total. The first-order valence-corrected chi connectivity index (χ1v) is 6.72. The minimum atomic E-state index is 0.0145. The first-order chi connectivity index (χ1) is 9.08. The second-order valence-electron chi connectivity index (χ2n) is 4.08. The number of nitrogens with one attached hydrogen (secondary N) is 1. The highest BCUT2D eigenvalue weighted by molar-refractivity contribution is 7.99. The van der Waals surface area contributed by atoms with Crippen LogP contribution < -0.4 is 10.1 Å². The molecule has 0 saturated carbocycles. The Morgan fingerprint density at radius 2 is 2.11 bits per heavy atom. The zero-order valence-electron chi connectivity index (χ0n) is 11.3. The monoisotopic (exact) mass is 280 g/mol. The highest BCUT2D eigenvalue weighted by Crippen LogP contribution is 2.29. The Morgan fingerprint density at radius 1 is 1.32 bits per heavy atom. The summed E-state index contributed by atoms with van der Waals surface area (Å²) in [4.78, 5) is 13.7. The predicted molar refractivity (Wildman–Crippen MR) is 72.7 cm³/mol. The van der Waals surface area contributed by atoms with Crippen molar-refractivity contribution in [1.82, 2.24) is 15.0 Å². The SMILES string of the molecule is CNc1nc(OC(C)C)nc(Sc2ccoc2C)n1. The first kappa shape index (κ1) is 13.7. The average Bonchev–Trinajstić information content (AvgIpc) is 2.74. The van der Waals surface area contributed by atoms with Gasteiger partial charge in [-0.15, -0.1) is 0 Å². The van der Waals surface area contributed by atoms with E-state index in [1.165, 1.54) is 11.8 Å². The van der Waals surface area contributed by atoms with Crippen molar-refractivity contribution in [2.24, 2.45) is 0 Å². The van der Waals surface area contributed by atoms with Crippen molar-refractivity contribution in [3.8, 4) is 6.01 Å². The number of ether oxygens (including phenoxy) is 1. The maximum Gasteiger partial charge on any atom is 0.322 e. The van der Waals surface area contributed by atoms with Gasteiger partial charge >= 0.3 is 6.01 Å². The van der Waals surface area contributed by atoms with Gasteiger partial charge in [0.1, 0.15) is 5.76 Å². The van der Waals surface area contributed by atoms with E-state index < -0.39 is 0 Å². The Kier molecular flexibility index (Phi) is 4.26. The van der Waals surface area contributed by atoms with Gasteiger partial charge in [-0.1, -0.05) is 0 Å². The number of aryl methyl sites for hydroxylation is 1. The minimum Gasteiger partial charge on any atom is -0.468 e. The van der Waals surface area contributed by atoms with Gasteiger partial charge in [-0.05, 0) is 38.6 Å². The molecule has 7 heteroatoms. The lowest BCUT2D eigenvalue weighted by atomic mass is 10.5. The van der Waals surface area contributed by atoms with E-state index in [9.17, 15) is 0 Å². The largest absolute Gasteiger partial charge is 0.468 e. The number of hydrogen-bond donors (Lipinski definition) is 1. The van der Waals surface area contributed by atoms with Crippen LogP contribution in [0.15, 0.2) is 26.8 Å². The van der Waals surface area contributed by atoms with Crippen molar-refractivity contribution < 1.29 is 9.15 Å². The van der Waals surface area contributed by atoms with Crippen LogP contribution in [-0.2, 0) is 0 Å². The van der Waals surface area contributed by atoms with E-state index in [2.05, 4.69) is 20.3 Å². The Labute approximate surface area is 116 Å². The number of hydrogen-bond acceptors (Lipinski definition) is 7. The van der Waals surface area contributed by atoms with E-state index in [0.29, 0.717) is 17.1 Å². The van der Waals surface area contributed by atoms with E-state index in [-0.39, 0.29) is 6.10 Å². The molecule has 0 fully saturated rings. The minimum absolute atomic E-state index is 0.0145. The van der Waals surface area contributed by atoms with Gasteiger partial charge in [0.15, 0.2) is 0 Å². The van der Waals surface area contributed by atoms with Crippen molar-refractivity contribution in [1.29, 1.82) is 0 Å². The van der Waals surface area contributed by atoms with Crippen LogP contribution in [0, 0.1) is 6.92 Å². The highest BCUT2D eigenvalue weighted by atomic mass is 32.2. The van der Waals surface area contributed by atoms with Crippen molar-refractivity contribution in [3.63, 3.8) is 0 Å². The first-order valence-electron chi connectivity index (χ1n) is 5.91. The fourth-order valence-electron chi connectivity index (χ4n) is 1.34. The van der Waals surface area contributed by atoms with Crippen LogP contribution in [0.1, 0.15) is 19.6 Å². The Bertz CT molecular complexity index is 556. The van der Waals surface area contributed by atoms with E-state index in [1.54, 1.807) is 13.3 Å². The van der Waals surface area contributed by atoms with Crippen molar-refractivity contribution >= 4 is 17.7 Å². The van der Waals surface area contributed by atoms with Crippen LogP contribution in [0.25, 0.3) is 0 Å². The molecule has 2 aromatic heterocycles. The van der Waals surface area contributed by atoms with Gasteiger partial charge in [0.25, 0.3) is 0 Å². The fraction of sp³-hybridized carbons (Fsp3) is 0.417. The van der Waals surface area contributed by atoms with Crippen LogP contribution in [0.2, 0.25) is 0 Å². The summed E-state index contributed by atoms with van der Waals surface area (Å²) in [7, 11) is 1.76. The second-order valence-corrected chi connectivity index (χ2v) is 5.09. The second kappa shape index (κ2) is 5.92. The maximum atomic E-state index is 5.51. The molecular formula is C12H16N4O2S. The molecule has 0 aliphatic rings. The average molecular weight is 280 g/mol. The summed E-state index contributed by atoms with van der Waals surface area (Å²) in [6, 6.07) is 2.20. The smallest absolute Gasteiger partial charge is 0.322 e. The molecular weight excluding hydrogens is 264 g/mol. The number of aromatic nitrogens is 3. The molecule has 19 heavy (non-hydrogen) atoms. The lowest BCUT2D eigenvalue weighted by Crippen LogP contribution is -2.10. The molecule has 0 aliphatic carbocycles. The fourth-order valence-corrected chi connectivity index (χ4v) is 2.10. The standard InChI is InChI=1S/C12H16N4O2S/c1-7(2)18-11-14-10(13-4)15-12(16-11)19-9-5-6-17-8(9)3/h5-7H,1-4H3,(H,13,14,15,16). The summed E-state index contributed by atoms with van der Waals surface area (Å²) in [5, 5.41) is 3.47. The van der Waals surface area contributed by atoms with Crippen LogP contribution in [0.3, 0.4) is 0 Å². The van der Waals surface area contributed by atoms with Crippen LogP contribution in [-0.4, -0.2) is 28.1 Å². The van der Waals surface area contributed by atoms with Crippen molar-refractivity contribution in [3.05, 3.63) is 18.1 Å². The van der Waals surface area contributed by atoms with Crippen molar-refractivity contribution in [2.45, 2.75) is 36.9 Å². The zero-order chi connectivity index (χ0) is 13.8. The van der Waals surface area contributed by atoms with Crippen LogP contribution in [0.4, 0.5) is 5.95 Å². The molecule has 0 unspecified atom stereocenters. The Balaban J connectivity index is 2.26. The quantitative estimate of drug-likeness (QED) is 0.902. The van der Waals surface area contributed by atoms with E-state index >= 15 is 0 Å². The van der Waals surface area contributed by atoms with E-state index in [4.69, 9.17) is 9.15 Å². The third kappa shape index (κ3) is 3.60. The molecule has 0 spiro atoms. The third-order valence-corrected chi connectivity index (χ3v) is 3.18. The molecule has 0 atom stereocenters. The summed E-state index contributed by atoms with van der Waals surface area (Å²) in [6.45, 7) is 5.75.